The van der Waals surface area contributed by atoms with E-state index in [0.29, 0.717) is 5.69 Å². The first kappa shape index (κ1) is 6.09. The zero-order chi connectivity index (χ0) is 7.52. The molecule has 1 radical (unpaired) electrons. The van der Waals surface area contributed by atoms with Gasteiger partial charge in [0.2, 0.25) is 0 Å². The number of pyridine rings is 1. The van der Waals surface area contributed by atoms with Crippen molar-refractivity contribution >= 4 is 0 Å². The molecule has 2 heterocycles. The van der Waals surface area contributed by atoms with Crippen molar-refractivity contribution in [3.63, 3.8) is 0 Å². The average Bonchev–Trinajstić information content (AvgIpc) is 2.58. The summed E-state index contributed by atoms with van der Waals surface area (Å²) in [4.78, 5) is 7.91. The molecule has 2 rings (SSSR count). The molecule has 0 unspecified atom stereocenters. The quantitative estimate of drug-likeness (QED) is 0.610. The van der Waals surface area contributed by atoms with Crippen molar-refractivity contribution in [2.45, 2.75) is 0 Å². The van der Waals surface area contributed by atoms with E-state index in [1.54, 1.807) is 6.20 Å². The van der Waals surface area contributed by atoms with Gasteiger partial charge in [-0.15, -0.1) is 0 Å². The van der Waals surface area contributed by atoms with Crippen molar-refractivity contribution in [1.82, 2.24) is 9.97 Å². The van der Waals surface area contributed by atoms with Crippen LogP contribution in [0.15, 0.2) is 35.1 Å². The molecule has 3 heteroatoms. The molecule has 0 saturated carbocycles. The lowest BCUT2D eigenvalue weighted by Gasteiger charge is -1.89. The van der Waals surface area contributed by atoms with Crippen molar-refractivity contribution in [1.29, 1.82) is 0 Å². The summed E-state index contributed by atoms with van der Waals surface area (Å²) in [5.74, 6) is 0. The maximum atomic E-state index is 4.69. The second-order valence-corrected chi connectivity index (χ2v) is 2.04. The van der Waals surface area contributed by atoms with Gasteiger partial charge in [0.05, 0.1) is 5.69 Å². The van der Waals surface area contributed by atoms with Crippen molar-refractivity contribution in [2.24, 2.45) is 0 Å². The fraction of sp³-hybridized carbons (Fsp3) is 0. The fourth-order valence-electron chi connectivity index (χ4n) is 0.816. The molecule has 11 heavy (non-hydrogen) atoms. The third-order valence-electron chi connectivity index (χ3n) is 1.32. The molecule has 2 aromatic rings. The fourth-order valence-corrected chi connectivity index (χ4v) is 0.816. The Bertz CT molecular complexity index is 315. The van der Waals surface area contributed by atoms with E-state index in [-0.39, 0.29) is 0 Å². The van der Waals surface area contributed by atoms with Crippen LogP contribution in [-0.4, -0.2) is 9.97 Å². The number of hydrogen-bond acceptors (Lipinski definition) is 3. The van der Waals surface area contributed by atoms with E-state index in [0.717, 1.165) is 5.69 Å². The molecular weight excluding hydrogens is 140 g/mol. The molecule has 0 saturated heterocycles. The number of hydrogen-bond donors (Lipinski definition) is 0. The highest BCUT2D eigenvalue weighted by Crippen LogP contribution is 2.11. The molecule has 0 bridgehead atoms. The Morgan fingerprint density at radius 2 is 2.27 bits per heavy atom. The van der Waals surface area contributed by atoms with E-state index < -0.39 is 0 Å². The number of rotatable bonds is 1. The smallest absolute Gasteiger partial charge is 0.284 e. The summed E-state index contributed by atoms with van der Waals surface area (Å²) in [6.07, 6.45) is 5.59. The summed E-state index contributed by atoms with van der Waals surface area (Å²) in [5.41, 5.74) is 1.52. The van der Waals surface area contributed by atoms with Crippen LogP contribution in [0.25, 0.3) is 11.4 Å². The van der Waals surface area contributed by atoms with Gasteiger partial charge in [-0.05, 0) is 12.1 Å². The first-order chi connectivity index (χ1) is 5.47. The van der Waals surface area contributed by atoms with Gasteiger partial charge in [0, 0.05) is 6.20 Å². The summed E-state index contributed by atoms with van der Waals surface area (Å²) in [7, 11) is 0. The monoisotopic (exact) mass is 145 g/mol. The topological polar surface area (TPSA) is 38.9 Å². The van der Waals surface area contributed by atoms with Gasteiger partial charge in [0.25, 0.3) is 6.39 Å². The molecule has 0 atom stereocenters. The van der Waals surface area contributed by atoms with E-state index in [2.05, 4.69) is 16.4 Å². The van der Waals surface area contributed by atoms with Crippen LogP contribution in [0.3, 0.4) is 0 Å². The van der Waals surface area contributed by atoms with E-state index in [1.165, 1.54) is 6.26 Å². The largest absolute Gasteiger partial charge is 0.440 e. The molecule has 0 spiro atoms. The first-order valence-electron chi connectivity index (χ1n) is 3.20. The number of nitrogens with zero attached hydrogens (tertiary/aromatic N) is 2. The Morgan fingerprint density at radius 3 is 2.91 bits per heavy atom. The lowest BCUT2D eigenvalue weighted by molar-refractivity contribution is 0.548. The summed E-state index contributed by atoms with van der Waals surface area (Å²) < 4.78 is 4.69. The van der Waals surface area contributed by atoms with Crippen LogP contribution in [0, 0.1) is 6.39 Å². The maximum absolute atomic E-state index is 4.69. The second-order valence-electron chi connectivity index (χ2n) is 2.04. The second kappa shape index (κ2) is 2.54. The minimum atomic E-state index is 0.714. The Morgan fingerprint density at radius 1 is 1.27 bits per heavy atom. The molecule has 2 aromatic heterocycles. The standard InChI is InChI=1S/C8H5N2O/c1-2-4-9-7(3-1)8-5-11-6-10-8/h1-5H. The molecule has 0 aliphatic heterocycles. The van der Waals surface area contributed by atoms with Crippen LogP contribution in [0.5, 0.6) is 0 Å². The Labute approximate surface area is 63.7 Å². The highest BCUT2D eigenvalue weighted by molar-refractivity contribution is 5.50. The summed E-state index contributed by atoms with van der Waals surface area (Å²) >= 11 is 0. The molecule has 0 amide bonds. The van der Waals surface area contributed by atoms with E-state index in [4.69, 9.17) is 4.42 Å². The number of aromatic nitrogens is 2. The molecule has 53 valence electrons. The van der Waals surface area contributed by atoms with Gasteiger partial charge in [0.1, 0.15) is 12.0 Å². The predicted molar refractivity (Wildman–Crippen MR) is 38.6 cm³/mol. The number of oxazole rings is 1. The lowest BCUT2D eigenvalue weighted by atomic mass is 10.3. The first-order valence-corrected chi connectivity index (χ1v) is 3.20. The van der Waals surface area contributed by atoms with Gasteiger partial charge in [-0.3, -0.25) is 4.98 Å². The van der Waals surface area contributed by atoms with Gasteiger partial charge < -0.3 is 4.42 Å². The van der Waals surface area contributed by atoms with Crippen molar-refractivity contribution in [3.05, 3.63) is 37.1 Å². The summed E-state index contributed by atoms with van der Waals surface area (Å²) in [6.45, 7) is 0. The normalized spacial score (nSPS) is 9.82. The Kier molecular flexibility index (Phi) is 1.41. The van der Waals surface area contributed by atoms with Crippen LogP contribution in [0.1, 0.15) is 0 Å². The lowest BCUT2D eigenvalue weighted by Crippen LogP contribution is -1.79. The molecule has 0 fully saturated rings. The minimum Gasteiger partial charge on any atom is -0.440 e. The summed E-state index contributed by atoms with van der Waals surface area (Å²) in [5, 5.41) is 0. The molecular formula is C8H5N2O. The Hall–Kier alpha value is -1.64. The third-order valence-corrected chi connectivity index (χ3v) is 1.32. The van der Waals surface area contributed by atoms with Gasteiger partial charge in [-0.1, -0.05) is 6.07 Å². The SMILES string of the molecule is [c]1nc(-c2ccccn2)co1. The zero-order valence-corrected chi connectivity index (χ0v) is 5.69. The Balaban J connectivity index is 2.46. The van der Waals surface area contributed by atoms with E-state index in [9.17, 15) is 0 Å². The van der Waals surface area contributed by atoms with Gasteiger partial charge >= 0.3 is 0 Å². The van der Waals surface area contributed by atoms with Crippen LogP contribution < -0.4 is 0 Å². The third kappa shape index (κ3) is 1.12. The van der Waals surface area contributed by atoms with Gasteiger partial charge in [-0.2, -0.15) is 0 Å². The molecule has 0 aliphatic rings. The van der Waals surface area contributed by atoms with E-state index >= 15 is 0 Å². The van der Waals surface area contributed by atoms with Crippen LogP contribution in [0.4, 0.5) is 0 Å². The van der Waals surface area contributed by atoms with Crippen LogP contribution >= 0.6 is 0 Å². The molecule has 0 N–H and O–H groups in total. The maximum Gasteiger partial charge on any atom is 0.284 e. The van der Waals surface area contributed by atoms with Gasteiger partial charge in [-0.25, -0.2) is 4.98 Å². The molecule has 0 aliphatic carbocycles. The van der Waals surface area contributed by atoms with E-state index in [1.807, 2.05) is 18.2 Å². The predicted octanol–water partition coefficient (Wildman–Crippen LogP) is 1.54. The van der Waals surface area contributed by atoms with Crippen LogP contribution in [0.2, 0.25) is 0 Å². The van der Waals surface area contributed by atoms with Crippen LogP contribution in [-0.2, 0) is 0 Å². The van der Waals surface area contributed by atoms with Crippen molar-refractivity contribution < 1.29 is 4.42 Å². The van der Waals surface area contributed by atoms with Crippen molar-refractivity contribution in [3.8, 4) is 11.4 Å². The van der Waals surface area contributed by atoms with Gasteiger partial charge in [0.15, 0.2) is 0 Å². The molecule has 3 nitrogen and oxygen atoms in total. The molecule has 0 aromatic carbocycles. The minimum absolute atomic E-state index is 0.714. The average molecular weight is 145 g/mol. The highest BCUT2D eigenvalue weighted by atomic mass is 16.3. The summed E-state index contributed by atoms with van der Waals surface area (Å²) in [6, 6.07) is 5.62. The highest BCUT2D eigenvalue weighted by Gasteiger charge is 1.99. The van der Waals surface area contributed by atoms with Crippen molar-refractivity contribution in [2.75, 3.05) is 0 Å². The zero-order valence-electron chi connectivity index (χ0n) is 5.69.